The molecule has 0 spiro atoms. The molecule has 0 aliphatic carbocycles. The Labute approximate surface area is 113 Å². The third kappa shape index (κ3) is 5.90. The van der Waals surface area contributed by atoms with Crippen LogP contribution in [0.4, 0.5) is 4.79 Å². The second-order valence-corrected chi connectivity index (χ2v) is 4.18. The summed E-state index contributed by atoms with van der Waals surface area (Å²) < 4.78 is 4.71. The molecule has 1 aromatic rings. The Kier molecular flexibility index (Phi) is 6.43. The molecule has 1 atom stereocenters. The minimum Gasteiger partial charge on any atom is -0.465 e. The molecule has 0 fully saturated rings. The number of ether oxygens (including phenoxy) is 1. The van der Waals surface area contributed by atoms with Gasteiger partial charge in [-0.3, -0.25) is 4.79 Å². The van der Waals surface area contributed by atoms with Crippen LogP contribution in [0.3, 0.4) is 0 Å². The quantitative estimate of drug-likeness (QED) is 0.768. The highest BCUT2D eigenvalue weighted by molar-refractivity contribution is 5.80. The van der Waals surface area contributed by atoms with Crippen molar-refractivity contribution in [3.05, 3.63) is 35.9 Å². The lowest BCUT2D eigenvalue weighted by Crippen LogP contribution is -2.40. The third-order valence-corrected chi connectivity index (χ3v) is 2.64. The Bertz CT molecular complexity index is 406. The fraction of sp³-hybridized carbons (Fsp3) is 0.429. The van der Waals surface area contributed by atoms with Gasteiger partial charge in [0.05, 0.1) is 6.61 Å². The normalized spacial score (nSPS) is 11.5. The van der Waals surface area contributed by atoms with E-state index in [0.29, 0.717) is 13.2 Å². The lowest BCUT2D eigenvalue weighted by molar-refractivity contribution is -0.141. The van der Waals surface area contributed by atoms with Gasteiger partial charge < -0.3 is 15.4 Å². The van der Waals surface area contributed by atoms with E-state index in [1.165, 1.54) is 0 Å². The summed E-state index contributed by atoms with van der Waals surface area (Å²) in [7, 11) is 0. The molecule has 0 saturated carbocycles. The van der Waals surface area contributed by atoms with Gasteiger partial charge in [-0.1, -0.05) is 37.3 Å². The number of hydrogen-bond donors (Lipinski definition) is 2. The van der Waals surface area contributed by atoms with Gasteiger partial charge in [0.2, 0.25) is 0 Å². The monoisotopic (exact) mass is 264 g/mol. The lowest BCUT2D eigenvalue weighted by atomic mass is 10.0. The van der Waals surface area contributed by atoms with Gasteiger partial charge in [-0.2, -0.15) is 0 Å². The van der Waals surface area contributed by atoms with Crippen LogP contribution in [0.15, 0.2) is 30.3 Å². The topological polar surface area (TPSA) is 67.4 Å². The van der Waals surface area contributed by atoms with Gasteiger partial charge in [0.15, 0.2) is 0 Å². The maximum atomic E-state index is 11.5. The summed E-state index contributed by atoms with van der Waals surface area (Å²) in [4.78, 5) is 22.5. The fourth-order valence-corrected chi connectivity index (χ4v) is 1.57. The number of benzene rings is 1. The van der Waals surface area contributed by atoms with Gasteiger partial charge in [-0.25, -0.2) is 4.79 Å². The van der Waals surface area contributed by atoms with Crippen LogP contribution in [-0.2, 0) is 9.53 Å². The van der Waals surface area contributed by atoms with Crippen LogP contribution in [0.2, 0.25) is 0 Å². The van der Waals surface area contributed by atoms with Gasteiger partial charge in [0.25, 0.3) is 0 Å². The molecular weight excluding hydrogens is 244 g/mol. The molecule has 0 radical (unpaired) electrons. The molecule has 1 aromatic carbocycles. The lowest BCUT2D eigenvalue weighted by Gasteiger charge is -2.13. The van der Waals surface area contributed by atoms with E-state index in [0.717, 1.165) is 5.56 Å². The second kappa shape index (κ2) is 8.13. The molecule has 2 N–H and O–H groups in total. The average Bonchev–Trinajstić information content (AvgIpc) is 2.44. The highest BCUT2D eigenvalue weighted by Gasteiger charge is 2.08. The van der Waals surface area contributed by atoms with Crippen molar-refractivity contribution in [3.63, 3.8) is 0 Å². The van der Waals surface area contributed by atoms with Crippen molar-refractivity contribution in [1.82, 2.24) is 10.6 Å². The van der Waals surface area contributed by atoms with E-state index in [9.17, 15) is 9.59 Å². The predicted octanol–water partition coefficient (Wildman–Crippen LogP) is 1.65. The molecule has 0 bridgehead atoms. The summed E-state index contributed by atoms with van der Waals surface area (Å²) in [6, 6.07) is 9.55. The Morgan fingerprint density at radius 3 is 2.53 bits per heavy atom. The van der Waals surface area contributed by atoms with E-state index < -0.39 is 5.97 Å². The Balaban J connectivity index is 2.25. The molecule has 1 rings (SSSR count). The van der Waals surface area contributed by atoms with Crippen LogP contribution in [0.25, 0.3) is 0 Å². The van der Waals surface area contributed by atoms with Gasteiger partial charge in [0, 0.05) is 6.54 Å². The van der Waals surface area contributed by atoms with Gasteiger partial charge in [-0.05, 0) is 18.4 Å². The van der Waals surface area contributed by atoms with E-state index in [2.05, 4.69) is 10.6 Å². The van der Waals surface area contributed by atoms with E-state index in [-0.39, 0.29) is 18.5 Å². The van der Waals surface area contributed by atoms with Crippen LogP contribution < -0.4 is 10.6 Å². The van der Waals surface area contributed by atoms with Crippen LogP contribution >= 0.6 is 0 Å². The van der Waals surface area contributed by atoms with Crippen molar-refractivity contribution in [2.45, 2.75) is 19.8 Å². The Morgan fingerprint density at radius 2 is 1.89 bits per heavy atom. The van der Waals surface area contributed by atoms with Crippen molar-refractivity contribution in [2.75, 3.05) is 19.7 Å². The maximum absolute atomic E-state index is 11.5. The van der Waals surface area contributed by atoms with E-state index in [1.807, 2.05) is 37.3 Å². The minimum absolute atomic E-state index is 0.112. The van der Waals surface area contributed by atoms with E-state index >= 15 is 0 Å². The molecule has 0 aliphatic heterocycles. The summed E-state index contributed by atoms with van der Waals surface area (Å²) in [5, 5.41) is 5.17. The van der Waals surface area contributed by atoms with E-state index in [4.69, 9.17) is 4.74 Å². The van der Waals surface area contributed by atoms with Gasteiger partial charge in [0.1, 0.15) is 6.54 Å². The number of amides is 2. The summed E-state index contributed by atoms with van der Waals surface area (Å²) in [6.45, 7) is 4.46. The smallest absolute Gasteiger partial charge is 0.325 e. The zero-order valence-electron chi connectivity index (χ0n) is 11.3. The molecule has 0 aromatic heterocycles. The molecule has 0 aliphatic rings. The zero-order valence-corrected chi connectivity index (χ0v) is 11.3. The second-order valence-electron chi connectivity index (χ2n) is 4.18. The first-order chi connectivity index (χ1) is 9.13. The van der Waals surface area contributed by atoms with Crippen LogP contribution in [-0.4, -0.2) is 31.7 Å². The summed E-state index contributed by atoms with van der Waals surface area (Å²) in [5.41, 5.74) is 1.16. The predicted molar refractivity (Wildman–Crippen MR) is 72.9 cm³/mol. The molecule has 5 nitrogen and oxygen atoms in total. The molecule has 0 heterocycles. The Morgan fingerprint density at radius 1 is 1.21 bits per heavy atom. The van der Waals surface area contributed by atoms with Gasteiger partial charge in [-0.15, -0.1) is 0 Å². The first kappa shape index (κ1) is 15.0. The highest BCUT2D eigenvalue weighted by Crippen LogP contribution is 2.12. The first-order valence-corrected chi connectivity index (χ1v) is 6.35. The van der Waals surface area contributed by atoms with Crippen molar-refractivity contribution in [1.29, 1.82) is 0 Å². The van der Waals surface area contributed by atoms with E-state index in [1.54, 1.807) is 6.92 Å². The molecule has 1 unspecified atom stereocenters. The Hall–Kier alpha value is -2.04. The fourth-order valence-electron chi connectivity index (χ4n) is 1.57. The summed E-state index contributed by atoms with van der Waals surface area (Å²) in [5.74, 6) is -0.219. The SMILES string of the molecule is CCOC(=O)CNC(=O)NCC(C)c1ccccc1. The minimum atomic E-state index is -0.436. The summed E-state index contributed by atoms with van der Waals surface area (Å²) >= 11 is 0. The molecule has 5 heteroatoms. The number of urea groups is 1. The van der Waals surface area contributed by atoms with Crippen LogP contribution in [0.1, 0.15) is 25.3 Å². The molecule has 104 valence electrons. The molecule has 0 saturated heterocycles. The third-order valence-electron chi connectivity index (χ3n) is 2.64. The van der Waals surface area contributed by atoms with Crippen molar-refractivity contribution >= 4 is 12.0 Å². The number of rotatable bonds is 6. The largest absolute Gasteiger partial charge is 0.465 e. The highest BCUT2D eigenvalue weighted by atomic mass is 16.5. The number of carbonyl (C=O) groups excluding carboxylic acids is 2. The number of hydrogen-bond acceptors (Lipinski definition) is 3. The molecule has 19 heavy (non-hydrogen) atoms. The van der Waals surface area contributed by atoms with Crippen LogP contribution in [0.5, 0.6) is 0 Å². The summed E-state index contributed by atoms with van der Waals surface area (Å²) in [6.07, 6.45) is 0. The van der Waals surface area contributed by atoms with Crippen molar-refractivity contribution in [2.24, 2.45) is 0 Å². The van der Waals surface area contributed by atoms with Crippen molar-refractivity contribution in [3.8, 4) is 0 Å². The molecular formula is C14H20N2O3. The number of carbonyl (C=O) groups is 2. The average molecular weight is 264 g/mol. The van der Waals surface area contributed by atoms with Gasteiger partial charge >= 0.3 is 12.0 Å². The first-order valence-electron chi connectivity index (χ1n) is 6.35. The van der Waals surface area contributed by atoms with Crippen LogP contribution in [0, 0.1) is 0 Å². The number of nitrogens with one attached hydrogen (secondary N) is 2. The number of esters is 1. The maximum Gasteiger partial charge on any atom is 0.325 e. The van der Waals surface area contributed by atoms with Crippen molar-refractivity contribution < 1.29 is 14.3 Å². The standard InChI is InChI=1S/C14H20N2O3/c1-3-19-13(17)10-16-14(18)15-9-11(2)12-7-5-4-6-8-12/h4-8,11H,3,9-10H2,1-2H3,(H2,15,16,18). The zero-order chi connectivity index (χ0) is 14.1. The molecule has 2 amide bonds.